The number of aryl methyl sites for hydroxylation is 3. The lowest BCUT2D eigenvalue weighted by atomic mass is 10.1. The lowest BCUT2D eigenvalue weighted by Crippen LogP contribution is -1.96. The van der Waals surface area contributed by atoms with E-state index in [9.17, 15) is 5.11 Å². The van der Waals surface area contributed by atoms with E-state index in [1.54, 1.807) is 47.2 Å². The molecule has 0 bridgehead atoms. The van der Waals surface area contributed by atoms with Crippen LogP contribution in [0.1, 0.15) is 16.5 Å². The fourth-order valence-corrected chi connectivity index (χ4v) is 6.91. The van der Waals surface area contributed by atoms with Crippen LogP contribution in [0, 0.1) is 20.8 Å². The molecule has 5 heterocycles. The zero-order valence-corrected chi connectivity index (χ0v) is 24.6. The summed E-state index contributed by atoms with van der Waals surface area (Å²) in [5.74, 6) is 1.94. The highest BCUT2D eigenvalue weighted by Crippen LogP contribution is 2.39. The highest BCUT2D eigenvalue weighted by atomic mass is 79.9. The van der Waals surface area contributed by atoms with E-state index in [0.717, 1.165) is 63.5 Å². The summed E-state index contributed by atoms with van der Waals surface area (Å²) in [5, 5.41) is 11.6. The molecule has 0 radical (unpaired) electrons. The van der Waals surface area contributed by atoms with Crippen molar-refractivity contribution >= 4 is 80.9 Å². The van der Waals surface area contributed by atoms with Gasteiger partial charge in [0.2, 0.25) is 5.95 Å². The number of fused-ring (bicyclic) bond motifs is 2. The molecule has 0 spiro atoms. The fourth-order valence-electron chi connectivity index (χ4n) is 3.68. The number of rotatable bonds is 2. The highest BCUT2D eigenvalue weighted by Gasteiger charge is 2.16. The number of hydrogen-bond donors (Lipinski definition) is 2. The molecule has 0 atom stereocenters. The van der Waals surface area contributed by atoms with E-state index in [1.165, 1.54) is 4.88 Å². The van der Waals surface area contributed by atoms with Crippen LogP contribution < -0.4 is 5.73 Å². The van der Waals surface area contributed by atoms with Crippen molar-refractivity contribution in [1.82, 2.24) is 29.9 Å². The van der Waals surface area contributed by atoms with Crippen LogP contribution >= 0.6 is 54.5 Å². The molecule has 0 amide bonds. The maximum Gasteiger partial charge on any atom is 0.219 e. The number of nitrogens with two attached hydrogens (primary N) is 1. The minimum Gasteiger partial charge on any atom is -0.508 e. The summed E-state index contributed by atoms with van der Waals surface area (Å²) in [7, 11) is 0. The maximum absolute atomic E-state index is 9.57. The SMILES string of the molecule is Cc1nc(-c2cccc(O)c2)c2scc(Br)c2n1.Cc1nc(-c2cnc(N)nc2)c2sc(C)c(Br)c2n1. The largest absolute Gasteiger partial charge is 0.508 e. The minimum atomic E-state index is 0.243. The topological polar surface area (TPSA) is 124 Å². The Morgan fingerprint density at radius 2 is 1.49 bits per heavy atom. The molecule has 186 valence electrons. The number of halogens is 2. The third-order valence-corrected chi connectivity index (χ3v) is 9.52. The number of anilines is 1. The van der Waals surface area contributed by atoms with Gasteiger partial charge in [0.15, 0.2) is 0 Å². The first-order valence-corrected chi connectivity index (χ1v) is 14.2. The number of hydrogen-bond acceptors (Lipinski definition) is 10. The molecule has 0 unspecified atom stereocenters. The van der Waals surface area contributed by atoms with Gasteiger partial charge in [0.05, 0.1) is 40.8 Å². The van der Waals surface area contributed by atoms with Crippen molar-refractivity contribution in [2.75, 3.05) is 5.73 Å². The quantitative estimate of drug-likeness (QED) is 0.200. The molecular formula is C25H19Br2N7OS2. The van der Waals surface area contributed by atoms with Crippen LogP contribution in [0.25, 0.3) is 42.9 Å². The molecule has 1 aromatic carbocycles. The number of phenols is 1. The third kappa shape index (κ3) is 5.19. The molecule has 0 saturated heterocycles. The molecule has 6 rings (SSSR count). The van der Waals surface area contributed by atoms with Crippen LogP contribution in [0.15, 0.2) is 51.0 Å². The van der Waals surface area contributed by atoms with Gasteiger partial charge in [0.1, 0.15) is 17.4 Å². The Labute approximate surface area is 237 Å². The second-order valence-electron chi connectivity index (χ2n) is 8.03. The van der Waals surface area contributed by atoms with Gasteiger partial charge in [-0.15, -0.1) is 22.7 Å². The third-order valence-electron chi connectivity index (χ3n) is 5.30. The Morgan fingerprint density at radius 1 is 0.838 bits per heavy atom. The van der Waals surface area contributed by atoms with Crippen molar-refractivity contribution < 1.29 is 5.11 Å². The maximum atomic E-state index is 9.57. The first-order chi connectivity index (χ1) is 17.7. The van der Waals surface area contributed by atoms with Crippen LogP contribution in [-0.4, -0.2) is 35.0 Å². The summed E-state index contributed by atoms with van der Waals surface area (Å²) >= 11 is 10.3. The van der Waals surface area contributed by atoms with Gasteiger partial charge in [-0.25, -0.2) is 29.9 Å². The number of nitrogens with zero attached hydrogens (tertiary/aromatic N) is 6. The van der Waals surface area contributed by atoms with Crippen molar-refractivity contribution in [3.05, 3.63) is 67.5 Å². The zero-order valence-electron chi connectivity index (χ0n) is 19.8. The monoisotopic (exact) mass is 655 g/mol. The van der Waals surface area contributed by atoms with Crippen molar-refractivity contribution in [1.29, 1.82) is 0 Å². The van der Waals surface area contributed by atoms with E-state index in [4.69, 9.17) is 5.73 Å². The number of thiophene rings is 2. The lowest BCUT2D eigenvalue weighted by Gasteiger charge is -2.04. The van der Waals surface area contributed by atoms with E-state index in [-0.39, 0.29) is 11.7 Å². The number of aromatic nitrogens is 6. The molecule has 12 heteroatoms. The van der Waals surface area contributed by atoms with E-state index < -0.39 is 0 Å². The summed E-state index contributed by atoms with van der Waals surface area (Å²) in [6.45, 7) is 5.80. The van der Waals surface area contributed by atoms with Crippen molar-refractivity contribution in [3.63, 3.8) is 0 Å². The summed E-state index contributed by atoms with van der Waals surface area (Å²) in [6.07, 6.45) is 3.37. The molecular weight excluding hydrogens is 638 g/mol. The predicted octanol–water partition coefficient (Wildman–Crippen LogP) is 7.24. The first-order valence-electron chi connectivity index (χ1n) is 10.9. The first kappa shape index (κ1) is 25.6. The number of benzene rings is 1. The van der Waals surface area contributed by atoms with Gasteiger partial charge in [-0.3, -0.25) is 0 Å². The molecule has 0 saturated carbocycles. The zero-order chi connectivity index (χ0) is 26.3. The Hall–Kier alpha value is -3.06. The van der Waals surface area contributed by atoms with Gasteiger partial charge in [-0.1, -0.05) is 12.1 Å². The Balaban J connectivity index is 0.000000152. The molecule has 37 heavy (non-hydrogen) atoms. The molecule has 0 aliphatic rings. The summed E-state index contributed by atoms with van der Waals surface area (Å²) in [6, 6.07) is 7.12. The van der Waals surface area contributed by atoms with Crippen LogP contribution in [-0.2, 0) is 0 Å². The van der Waals surface area contributed by atoms with Crippen LogP contribution in [0.5, 0.6) is 5.75 Å². The van der Waals surface area contributed by atoms with Gasteiger partial charge >= 0.3 is 0 Å². The molecule has 6 aromatic rings. The van der Waals surface area contributed by atoms with Gasteiger partial charge in [0.25, 0.3) is 0 Å². The molecule has 0 aliphatic heterocycles. The van der Waals surface area contributed by atoms with Gasteiger partial charge in [0, 0.05) is 33.8 Å². The number of aromatic hydroxyl groups is 1. The van der Waals surface area contributed by atoms with E-state index in [1.807, 2.05) is 31.4 Å². The Kier molecular flexibility index (Phi) is 7.17. The summed E-state index contributed by atoms with van der Waals surface area (Å²) in [5.41, 5.74) is 10.8. The average Bonchev–Trinajstić information content (AvgIpc) is 3.38. The van der Waals surface area contributed by atoms with Crippen LogP contribution in [0.3, 0.4) is 0 Å². The molecule has 5 aromatic heterocycles. The standard InChI is InChI=1S/C13H9BrN2OS.C12H10BrN5S/c1-7-15-11(8-3-2-4-9(17)5-8)13-12(16-7)10(14)6-18-13;1-5-8(13)10-11(19-5)9(17-6(2)18-10)7-3-15-12(14)16-4-7/h2-6,17H,1H3;3-4H,1-2H3,(H2,14,15,16). The summed E-state index contributed by atoms with van der Waals surface area (Å²) < 4.78 is 4.06. The van der Waals surface area contributed by atoms with Crippen molar-refractivity contribution in [2.24, 2.45) is 0 Å². The normalized spacial score (nSPS) is 11.1. The second kappa shape index (κ2) is 10.4. The minimum absolute atomic E-state index is 0.243. The van der Waals surface area contributed by atoms with Crippen LogP contribution in [0.4, 0.5) is 5.95 Å². The Bertz CT molecular complexity index is 1770. The smallest absolute Gasteiger partial charge is 0.219 e. The second-order valence-corrected chi connectivity index (χ2v) is 11.8. The summed E-state index contributed by atoms with van der Waals surface area (Å²) in [4.78, 5) is 27.1. The van der Waals surface area contributed by atoms with Gasteiger partial charge in [-0.2, -0.15) is 0 Å². The highest BCUT2D eigenvalue weighted by molar-refractivity contribution is 9.11. The van der Waals surface area contributed by atoms with E-state index in [2.05, 4.69) is 68.7 Å². The van der Waals surface area contributed by atoms with Gasteiger partial charge < -0.3 is 10.8 Å². The molecule has 0 aliphatic carbocycles. The molecule has 3 N–H and O–H groups in total. The van der Waals surface area contributed by atoms with Gasteiger partial charge in [-0.05, 0) is 64.8 Å². The molecule has 8 nitrogen and oxygen atoms in total. The van der Waals surface area contributed by atoms with E-state index in [0.29, 0.717) is 0 Å². The fraction of sp³-hybridized carbons (Fsp3) is 0.120. The average molecular weight is 657 g/mol. The number of phenolic OH excluding ortho intramolecular Hbond substituents is 1. The van der Waals surface area contributed by atoms with Crippen LogP contribution in [0.2, 0.25) is 0 Å². The van der Waals surface area contributed by atoms with Crippen molar-refractivity contribution in [2.45, 2.75) is 20.8 Å². The lowest BCUT2D eigenvalue weighted by molar-refractivity contribution is 0.475. The predicted molar refractivity (Wildman–Crippen MR) is 157 cm³/mol. The Morgan fingerprint density at radius 3 is 2.16 bits per heavy atom. The van der Waals surface area contributed by atoms with E-state index >= 15 is 0 Å². The molecule has 0 fully saturated rings. The van der Waals surface area contributed by atoms with Crippen molar-refractivity contribution in [3.8, 4) is 28.3 Å². The number of nitrogen functional groups attached to an aromatic ring is 1.